The second kappa shape index (κ2) is 6.61. The number of carbonyl (C=O) groups is 1. The van der Waals surface area contributed by atoms with Crippen molar-refractivity contribution in [1.29, 1.82) is 0 Å². The third-order valence-corrected chi connectivity index (χ3v) is 4.01. The Labute approximate surface area is 119 Å². The number of benzene rings is 1. The van der Waals surface area contributed by atoms with Gasteiger partial charge in [0.1, 0.15) is 11.5 Å². The van der Waals surface area contributed by atoms with Gasteiger partial charge in [-0.3, -0.25) is 4.79 Å². The molecule has 2 rings (SSSR count). The maximum atomic E-state index is 12.2. The first-order chi connectivity index (χ1) is 9.63. The van der Waals surface area contributed by atoms with Crippen molar-refractivity contribution in [3.05, 3.63) is 18.2 Å². The van der Waals surface area contributed by atoms with Crippen LogP contribution in [0.15, 0.2) is 18.2 Å². The number of phenolic OH excluding ortho intramolecular Hbond substituents is 1. The number of hydrogen-bond donors (Lipinski definition) is 3. The molecule has 5 nitrogen and oxygen atoms in total. The summed E-state index contributed by atoms with van der Waals surface area (Å²) in [5, 5.41) is 12.6. The Bertz CT molecular complexity index is 468. The smallest absolute Gasteiger partial charge is 0.227 e. The quantitative estimate of drug-likeness (QED) is 0.736. The zero-order valence-electron chi connectivity index (χ0n) is 11.8. The van der Waals surface area contributed by atoms with Crippen LogP contribution in [0.2, 0.25) is 0 Å². The standard InChI is InChI=1S/C15H22N2O3/c1-20-12-6-7-13(14(18)8-12)17-15(19)11-4-2-10(9-16)3-5-11/h6-8,10-11,18H,2-5,9,16H2,1H3,(H,17,19). The highest BCUT2D eigenvalue weighted by atomic mass is 16.5. The van der Waals surface area contributed by atoms with Crippen molar-refractivity contribution in [3.8, 4) is 11.5 Å². The molecule has 0 radical (unpaired) electrons. The number of aromatic hydroxyl groups is 1. The van der Waals surface area contributed by atoms with Crippen LogP contribution < -0.4 is 15.8 Å². The molecule has 1 amide bonds. The van der Waals surface area contributed by atoms with E-state index in [1.54, 1.807) is 12.1 Å². The fourth-order valence-electron chi connectivity index (χ4n) is 2.64. The van der Waals surface area contributed by atoms with Gasteiger partial charge in [-0.25, -0.2) is 0 Å². The van der Waals surface area contributed by atoms with Crippen LogP contribution in [0.1, 0.15) is 25.7 Å². The molecule has 1 aromatic rings. The SMILES string of the molecule is COc1ccc(NC(=O)C2CCC(CN)CC2)c(O)c1. The number of nitrogens with two attached hydrogens (primary N) is 1. The number of hydrogen-bond acceptors (Lipinski definition) is 4. The molecule has 5 heteroatoms. The second-order valence-electron chi connectivity index (χ2n) is 5.33. The average molecular weight is 278 g/mol. The van der Waals surface area contributed by atoms with E-state index in [0.29, 0.717) is 23.9 Å². The highest BCUT2D eigenvalue weighted by molar-refractivity contribution is 5.94. The Hall–Kier alpha value is -1.75. The van der Waals surface area contributed by atoms with Gasteiger partial charge >= 0.3 is 0 Å². The molecule has 0 aliphatic heterocycles. The van der Waals surface area contributed by atoms with Crippen molar-refractivity contribution >= 4 is 11.6 Å². The maximum Gasteiger partial charge on any atom is 0.227 e. The molecule has 0 heterocycles. The molecule has 1 aromatic carbocycles. The molecule has 1 fully saturated rings. The van der Waals surface area contributed by atoms with Gasteiger partial charge in [-0.15, -0.1) is 0 Å². The Kier molecular flexibility index (Phi) is 4.84. The average Bonchev–Trinajstić information content (AvgIpc) is 2.49. The third-order valence-electron chi connectivity index (χ3n) is 4.01. The van der Waals surface area contributed by atoms with E-state index < -0.39 is 0 Å². The number of nitrogens with one attached hydrogen (secondary N) is 1. The number of methoxy groups -OCH3 is 1. The van der Waals surface area contributed by atoms with E-state index in [1.807, 2.05) is 0 Å². The van der Waals surface area contributed by atoms with Gasteiger partial charge in [0.25, 0.3) is 0 Å². The van der Waals surface area contributed by atoms with Gasteiger partial charge in [-0.2, -0.15) is 0 Å². The van der Waals surface area contributed by atoms with Crippen LogP contribution in [0.3, 0.4) is 0 Å². The van der Waals surface area contributed by atoms with Crippen molar-refractivity contribution in [1.82, 2.24) is 0 Å². The Balaban J connectivity index is 1.95. The largest absolute Gasteiger partial charge is 0.506 e. The van der Waals surface area contributed by atoms with Crippen LogP contribution in [0.25, 0.3) is 0 Å². The van der Waals surface area contributed by atoms with Crippen LogP contribution in [-0.2, 0) is 4.79 Å². The molecule has 1 aliphatic carbocycles. The van der Waals surface area contributed by atoms with Crippen LogP contribution in [-0.4, -0.2) is 24.7 Å². The summed E-state index contributed by atoms with van der Waals surface area (Å²) in [5.74, 6) is 1.12. The van der Waals surface area contributed by atoms with Crippen molar-refractivity contribution < 1.29 is 14.6 Å². The molecular weight excluding hydrogens is 256 g/mol. The van der Waals surface area contributed by atoms with E-state index in [2.05, 4.69) is 5.32 Å². The lowest BCUT2D eigenvalue weighted by molar-refractivity contribution is -0.121. The summed E-state index contributed by atoms with van der Waals surface area (Å²) < 4.78 is 5.01. The molecular formula is C15H22N2O3. The number of ether oxygens (including phenoxy) is 1. The predicted molar refractivity (Wildman–Crippen MR) is 77.8 cm³/mol. The summed E-state index contributed by atoms with van der Waals surface area (Å²) in [6, 6.07) is 4.85. The zero-order chi connectivity index (χ0) is 14.5. The summed E-state index contributed by atoms with van der Waals surface area (Å²) in [6.07, 6.45) is 3.74. The van der Waals surface area contributed by atoms with Crippen LogP contribution >= 0.6 is 0 Å². The molecule has 110 valence electrons. The molecule has 0 bridgehead atoms. The minimum absolute atomic E-state index is 0.0132. The number of phenols is 1. The highest BCUT2D eigenvalue weighted by Crippen LogP contribution is 2.31. The van der Waals surface area contributed by atoms with E-state index in [4.69, 9.17) is 10.5 Å². The monoisotopic (exact) mass is 278 g/mol. The Morgan fingerprint density at radius 3 is 2.65 bits per heavy atom. The first kappa shape index (κ1) is 14.7. The van der Waals surface area contributed by atoms with Gasteiger partial charge < -0.3 is 20.9 Å². The number of carbonyl (C=O) groups excluding carboxylic acids is 1. The first-order valence-electron chi connectivity index (χ1n) is 7.02. The van der Waals surface area contributed by atoms with E-state index in [0.717, 1.165) is 25.7 Å². The minimum atomic E-state index is -0.0269. The van der Waals surface area contributed by atoms with Crippen molar-refractivity contribution in [2.45, 2.75) is 25.7 Å². The van der Waals surface area contributed by atoms with E-state index in [1.165, 1.54) is 13.2 Å². The van der Waals surface area contributed by atoms with Gasteiger partial charge in [0.15, 0.2) is 0 Å². The molecule has 1 saturated carbocycles. The van der Waals surface area contributed by atoms with Crippen LogP contribution in [0.5, 0.6) is 11.5 Å². The molecule has 0 unspecified atom stereocenters. The van der Waals surface area contributed by atoms with Crippen molar-refractivity contribution in [3.63, 3.8) is 0 Å². The molecule has 20 heavy (non-hydrogen) atoms. The van der Waals surface area contributed by atoms with Crippen LogP contribution in [0.4, 0.5) is 5.69 Å². The molecule has 4 N–H and O–H groups in total. The normalized spacial score (nSPS) is 22.3. The zero-order valence-corrected chi connectivity index (χ0v) is 11.8. The Morgan fingerprint density at radius 2 is 2.10 bits per heavy atom. The van der Waals surface area contributed by atoms with Gasteiger partial charge in [0.2, 0.25) is 5.91 Å². The fraction of sp³-hybridized carbons (Fsp3) is 0.533. The minimum Gasteiger partial charge on any atom is -0.506 e. The van der Waals surface area contributed by atoms with Gasteiger partial charge in [0, 0.05) is 12.0 Å². The lowest BCUT2D eigenvalue weighted by Gasteiger charge is -2.26. The summed E-state index contributed by atoms with van der Waals surface area (Å²) in [5.41, 5.74) is 6.08. The summed E-state index contributed by atoms with van der Waals surface area (Å²) in [6.45, 7) is 0.702. The Morgan fingerprint density at radius 1 is 1.40 bits per heavy atom. The third kappa shape index (κ3) is 3.42. The molecule has 0 atom stereocenters. The number of amides is 1. The summed E-state index contributed by atoms with van der Waals surface area (Å²) >= 11 is 0. The van der Waals surface area contributed by atoms with Crippen LogP contribution in [0, 0.1) is 11.8 Å². The van der Waals surface area contributed by atoms with Crippen molar-refractivity contribution in [2.24, 2.45) is 17.6 Å². The number of anilines is 1. The van der Waals surface area contributed by atoms with Gasteiger partial charge in [-0.1, -0.05) is 0 Å². The molecule has 0 aromatic heterocycles. The van der Waals surface area contributed by atoms with Crippen molar-refractivity contribution in [2.75, 3.05) is 19.0 Å². The molecule has 0 saturated heterocycles. The lowest BCUT2D eigenvalue weighted by Crippen LogP contribution is -2.29. The van der Waals surface area contributed by atoms with Gasteiger partial charge in [0.05, 0.1) is 12.8 Å². The maximum absolute atomic E-state index is 12.2. The second-order valence-corrected chi connectivity index (χ2v) is 5.33. The van der Waals surface area contributed by atoms with E-state index in [-0.39, 0.29) is 17.6 Å². The fourth-order valence-corrected chi connectivity index (χ4v) is 2.64. The van der Waals surface area contributed by atoms with Gasteiger partial charge in [-0.05, 0) is 50.3 Å². The summed E-state index contributed by atoms with van der Waals surface area (Å²) in [4.78, 5) is 12.2. The number of rotatable bonds is 4. The van der Waals surface area contributed by atoms with E-state index in [9.17, 15) is 9.90 Å². The lowest BCUT2D eigenvalue weighted by atomic mass is 9.81. The predicted octanol–water partition coefficient (Wildman–Crippen LogP) is 2.10. The van der Waals surface area contributed by atoms with E-state index >= 15 is 0 Å². The molecule has 0 spiro atoms. The topological polar surface area (TPSA) is 84.6 Å². The molecule has 1 aliphatic rings. The summed E-state index contributed by atoms with van der Waals surface area (Å²) in [7, 11) is 1.53. The highest BCUT2D eigenvalue weighted by Gasteiger charge is 2.26. The first-order valence-corrected chi connectivity index (χ1v) is 7.02.